The van der Waals surface area contributed by atoms with E-state index in [9.17, 15) is 5.11 Å². The number of fused-ring (bicyclic) bond motifs is 1. The highest BCUT2D eigenvalue weighted by atomic mass is 35.5. The van der Waals surface area contributed by atoms with Gasteiger partial charge in [-0.3, -0.25) is 0 Å². The Morgan fingerprint density at radius 3 is 2.47 bits per heavy atom. The summed E-state index contributed by atoms with van der Waals surface area (Å²) < 4.78 is 0. The minimum absolute atomic E-state index is 0.277. The molecule has 1 nitrogen and oxygen atoms in total. The van der Waals surface area contributed by atoms with Gasteiger partial charge in [-0.05, 0) is 67.2 Å². The average Bonchev–Trinajstić information content (AvgIpc) is 2.76. The molecule has 92 valence electrons. The van der Waals surface area contributed by atoms with E-state index in [1.165, 1.54) is 19.3 Å². The Labute approximate surface area is 108 Å². The maximum Gasteiger partial charge on any atom is 0.0826 e. The molecule has 1 aromatic rings. The van der Waals surface area contributed by atoms with Crippen molar-refractivity contribution in [3.8, 4) is 0 Å². The summed E-state index contributed by atoms with van der Waals surface area (Å²) in [5.74, 6) is 2.10. The number of halogens is 1. The van der Waals surface area contributed by atoms with Crippen LogP contribution >= 0.6 is 11.6 Å². The number of hydrogen-bond donors (Lipinski definition) is 1. The lowest BCUT2D eigenvalue weighted by Gasteiger charge is -2.17. The molecule has 2 fully saturated rings. The molecular weight excluding hydrogens is 232 g/mol. The Hall–Kier alpha value is -0.530. The van der Waals surface area contributed by atoms with E-state index in [-0.39, 0.29) is 6.10 Å². The highest BCUT2D eigenvalue weighted by Crippen LogP contribution is 2.62. The van der Waals surface area contributed by atoms with Crippen molar-refractivity contribution in [2.75, 3.05) is 0 Å². The van der Waals surface area contributed by atoms with Gasteiger partial charge in [0.2, 0.25) is 0 Å². The molecule has 17 heavy (non-hydrogen) atoms. The first-order valence-electron chi connectivity index (χ1n) is 6.54. The molecule has 0 heterocycles. The number of rotatable bonds is 2. The van der Waals surface area contributed by atoms with Crippen LogP contribution in [0.15, 0.2) is 12.1 Å². The second-order valence-electron chi connectivity index (χ2n) is 5.74. The molecule has 2 saturated carbocycles. The topological polar surface area (TPSA) is 20.2 Å². The summed E-state index contributed by atoms with van der Waals surface area (Å²) in [6.45, 7) is 4.05. The zero-order valence-electron chi connectivity index (χ0n) is 10.4. The lowest BCUT2D eigenvalue weighted by Crippen LogP contribution is -2.06. The number of aryl methyl sites for hydroxylation is 2. The normalized spacial score (nSPS) is 32.4. The van der Waals surface area contributed by atoms with Gasteiger partial charge < -0.3 is 5.11 Å². The molecule has 0 aliphatic heterocycles. The van der Waals surface area contributed by atoms with Crippen molar-refractivity contribution in [1.82, 2.24) is 0 Å². The van der Waals surface area contributed by atoms with Gasteiger partial charge in [0, 0.05) is 5.02 Å². The van der Waals surface area contributed by atoms with Gasteiger partial charge >= 0.3 is 0 Å². The molecular formula is C15H19ClO. The maximum atomic E-state index is 10.5. The fraction of sp³-hybridized carbons (Fsp3) is 0.600. The van der Waals surface area contributed by atoms with Crippen LogP contribution in [-0.4, -0.2) is 5.11 Å². The summed E-state index contributed by atoms with van der Waals surface area (Å²) in [6.07, 6.45) is 3.72. The molecule has 0 radical (unpaired) electrons. The summed E-state index contributed by atoms with van der Waals surface area (Å²) >= 11 is 6.10. The van der Waals surface area contributed by atoms with Crippen LogP contribution in [0.5, 0.6) is 0 Å². The lowest BCUT2D eigenvalue weighted by molar-refractivity contribution is 0.136. The Morgan fingerprint density at radius 2 is 1.82 bits per heavy atom. The van der Waals surface area contributed by atoms with Crippen LogP contribution in [0.25, 0.3) is 0 Å². The molecule has 1 N–H and O–H groups in total. The highest BCUT2D eigenvalue weighted by molar-refractivity contribution is 6.31. The first-order valence-corrected chi connectivity index (χ1v) is 6.92. The van der Waals surface area contributed by atoms with E-state index in [4.69, 9.17) is 11.6 Å². The summed E-state index contributed by atoms with van der Waals surface area (Å²) in [4.78, 5) is 0. The van der Waals surface area contributed by atoms with E-state index < -0.39 is 0 Å². The second-order valence-corrected chi connectivity index (χ2v) is 6.15. The molecule has 0 spiro atoms. The van der Waals surface area contributed by atoms with Crippen molar-refractivity contribution in [1.29, 1.82) is 0 Å². The van der Waals surface area contributed by atoms with Crippen LogP contribution in [0.1, 0.15) is 42.1 Å². The molecule has 0 saturated heterocycles. The van der Waals surface area contributed by atoms with Gasteiger partial charge in [0.1, 0.15) is 0 Å². The monoisotopic (exact) mass is 250 g/mol. The zero-order valence-corrected chi connectivity index (χ0v) is 11.2. The predicted molar refractivity (Wildman–Crippen MR) is 70.2 cm³/mol. The molecule has 0 aromatic heterocycles. The Kier molecular flexibility index (Phi) is 2.72. The average molecular weight is 251 g/mol. The van der Waals surface area contributed by atoms with E-state index >= 15 is 0 Å². The molecule has 3 atom stereocenters. The van der Waals surface area contributed by atoms with E-state index in [2.05, 4.69) is 6.07 Å². The van der Waals surface area contributed by atoms with Gasteiger partial charge in [-0.15, -0.1) is 0 Å². The summed E-state index contributed by atoms with van der Waals surface area (Å²) in [5.41, 5.74) is 3.28. The number of aliphatic hydroxyl groups excluding tert-OH is 1. The van der Waals surface area contributed by atoms with Crippen LogP contribution in [0, 0.1) is 31.6 Å². The largest absolute Gasteiger partial charge is 0.388 e. The minimum Gasteiger partial charge on any atom is -0.388 e. The van der Waals surface area contributed by atoms with E-state index in [0.29, 0.717) is 5.92 Å². The molecule has 2 aliphatic carbocycles. The first-order chi connectivity index (χ1) is 8.09. The van der Waals surface area contributed by atoms with Crippen LogP contribution in [0.4, 0.5) is 0 Å². The minimum atomic E-state index is -0.277. The fourth-order valence-electron chi connectivity index (χ4n) is 3.67. The third-order valence-electron chi connectivity index (χ3n) is 4.70. The first kappa shape index (κ1) is 11.6. The van der Waals surface area contributed by atoms with Crippen molar-refractivity contribution in [3.05, 3.63) is 33.8 Å². The van der Waals surface area contributed by atoms with Crippen LogP contribution in [0.3, 0.4) is 0 Å². The summed E-state index contributed by atoms with van der Waals surface area (Å²) in [7, 11) is 0. The van der Waals surface area contributed by atoms with Crippen molar-refractivity contribution in [2.45, 2.75) is 39.2 Å². The molecule has 2 aliphatic rings. The van der Waals surface area contributed by atoms with Crippen LogP contribution < -0.4 is 0 Å². The second kappa shape index (κ2) is 4.00. The van der Waals surface area contributed by atoms with Gasteiger partial charge in [-0.1, -0.05) is 24.1 Å². The zero-order chi connectivity index (χ0) is 12.2. The van der Waals surface area contributed by atoms with Crippen LogP contribution in [0.2, 0.25) is 5.02 Å². The molecule has 2 heteroatoms. The van der Waals surface area contributed by atoms with Crippen molar-refractivity contribution in [2.24, 2.45) is 17.8 Å². The van der Waals surface area contributed by atoms with E-state index in [1.54, 1.807) is 0 Å². The Balaban J connectivity index is 1.87. The van der Waals surface area contributed by atoms with Crippen molar-refractivity contribution >= 4 is 11.6 Å². The third-order valence-corrected chi connectivity index (χ3v) is 5.11. The smallest absolute Gasteiger partial charge is 0.0826 e. The molecule has 3 unspecified atom stereocenters. The Morgan fingerprint density at radius 1 is 1.18 bits per heavy atom. The van der Waals surface area contributed by atoms with Crippen molar-refractivity contribution in [3.63, 3.8) is 0 Å². The Bertz CT molecular complexity index is 444. The quantitative estimate of drug-likeness (QED) is 0.840. The summed E-state index contributed by atoms with van der Waals surface area (Å²) in [6, 6.07) is 4.05. The summed E-state index contributed by atoms with van der Waals surface area (Å²) in [5, 5.41) is 11.3. The lowest BCUT2D eigenvalue weighted by atomic mass is 9.94. The van der Waals surface area contributed by atoms with Crippen molar-refractivity contribution < 1.29 is 5.11 Å². The number of aliphatic hydroxyl groups is 1. The predicted octanol–water partition coefficient (Wildman–Crippen LogP) is 4.04. The molecule has 0 amide bonds. The standard InChI is InChI=1S/C15H19ClO/c1-8-7-13(16)9(2)6-12(8)15(17)14-10-4-3-5-11(10)14/h6-7,10-11,14-15,17H,3-5H2,1-2H3. The number of benzene rings is 1. The van der Waals surface area contributed by atoms with E-state index in [1.807, 2.05) is 19.9 Å². The maximum absolute atomic E-state index is 10.5. The third kappa shape index (κ3) is 1.80. The molecule has 0 bridgehead atoms. The highest BCUT2D eigenvalue weighted by Gasteiger charge is 2.56. The van der Waals surface area contributed by atoms with E-state index in [0.717, 1.165) is 33.5 Å². The molecule has 3 rings (SSSR count). The van der Waals surface area contributed by atoms with Gasteiger partial charge in [-0.25, -0.2) is 0 Å². The van der Waals surface area contributed by atoms with Gasteiger partial charge in [0.05, 0.1) is 6.10 Å². The van der Waals surface area contributed by atoms with Gasteiger partial charge in [-0.2, -0.15) is 0 Å². The fourth-order valence-corrected chi connectivity index (χ4v) is 3.89. The van der Waals surface area contributed by atoms with Gasteiger partial charge in [0.25, 0.3) is 0 Å². The number of hydrogen-bond acceptors (Lipinski definition) is 1. The van der Waals surface area contributed by atoms with Crippen LogP contribution in [-0.2, 0) is 0 Å². The SMILES string of the molecule is Cc1cc(C(O)C2C3CCCC32)c(C)cc1Cl. The molecule has 1 aromatic carbocycles. The van der Waals surface area contributed by atoms with Gasteiger partial charge in [0.15, 0.2) is 0 Å².